The van der Waals surface area contributed by atoms with Gasteiger partial charge in [0.1, 0.15) is 12.1 Å². The Hall–Kier alpha value is -2.63. The van der Waals surface area contributed by atoms with E-state index < -0.39 is 5.97 Å². The van der Waals surface area contributed by atoms with Crippen LogP contribution < -0.4 is 10.1 Å². The van der Waals surface area contributed by atoms with Crippen LogP contribution in [0.3, 0.4) is 0 Å². The molecule has 0 unspecified atom stereocenters. The molecule has 20 heavy (non-hydrogen) atoms. The summed E-state index contributed by atoms with van der Waals surface area (Å²) in [6.07, 6.45) is 1.44. The minimum absolute atomic E-state index is 0.0348. The van der Waals surface area contributed by atoms with Crippen molar-refractivity contribution in [1.29, 1.82) is 0 Å². The van der Waals surface area contributed by atoms with Gasteiger partial charge in [0.2, 0.25) is 5.88 Å². The van der Waals surface area contributed by atoms with Crippen LogP contribution in [-0.2, 0) is 0 Å². The Morgan fingerprint density at radius 1 is 1.25 bits per heavy atom. The van der Waals surface area contributed by atoms with E-state index in [1.165, 1.54) is 18.5 Å². The Bertz CT molecular complexity index is 597. The lowest BCUT2D eigenvalue weighted by molar-refractivity contribution is 0.0697. The van der Waals surface area contributed by atoms with Crippen molar-refractivity contribution in [2.45, 2.75) is 20.0 Å². The first-order chi connectivity index (χ1) is 9.54. The number of carboxylic acids is 1. The summed E-state index contributed by atoms with van der Waals surface area (Å²) in [5.74, 6) is 0.115. The fourth-order valence-corrected chi connectivity index (χ4v) is 1.56. The van der Waals surface area contributed by atoms with E-state index in [0.29, 0.717) is 11.7 Å². The number of ether oxygens (including phenoxy) is 1. The highest BCUT2D eigenvalue weighted by atomic mass is 16.5. The second-order valence-electron chi connectivity index (χ2n) is 4.42. The Kier molecular flexibility index (Phi) is 4.14. The van der Waals surface area contributed by atoms with E-state index in [1.54, 1.807) is 18.2 Å². The molecule has 0 amide bonds. The molecule has 0 aliphatic rings. The van der Waals surface area contributed by atoms with E-state index in [-0.39, 0.29) is 11.7 Å². The molecule has 104 valence electrons. The highest BCUT2D eigenvalue weighted by Gasteiger charge is 2.04. The van der Waals surface area contributed by atoms with Crippen molar-refractivity contribution in [3.63, 3.8) is 0 Å². The summed E-state index contributed by atoms with van der Waals surface area (Å²) in [6, 6.07) is 8.09. The van der Waals surface area contributed by atoms with Crippen LogP contribution in [-0.4, -0.2) is 27.1 Å². The highest BCUT2D eigenvalue weighted by molar-refractivity contribution is 5.88. The molecule has 0 aliphatic heterocycles. The molecule has 6 nitrogen and oxygen atoms in total. The number of aromatic carboxylic acids is 1. The first kappa shape index (κ1) is 13.8. The minimum atomic E-state index is -0.953. The molecule has 1 aromatic carbocycles. The van der Waals surface area contributed by atoms with E-state index >= 15 is 0 Å². The average Bonchev–Trinajstić information content (AvgIpc) is 2.39. The zero-order valence-electron chi connectivity index (χ0n) is 11.2. The molecule has 0 spiro atoms. The molecule has 6 heteroatoms. The first-order valence-corrected chi connectivity index (χ1v) is 6.13. The van der Waals surface area contributed by atoms with Crippen molar-refractivity contribution in [3.05, 3.63) is 42.2 Å². The zero-order valence-corrected chi connectivity index (χ0v) is 11.2. The van der Waals surface area contributed by atoms with Crippen LogP contribution in [0.4, 0.5) is 11.5 Å². The number of aromatic nitrogens is 2. The van der Waals surface area contributed by atoms with Gasteiger partial charge in [-0.3, -0.25) is 0 Å². The third-order valence-corrected chi connectivity index (χ3v) is 2.40. The molecule has 0 saturated heterocycles. The molecule has 2 rings (SSSR count). The van der Waals surface area contributed by atoms with Gasteiger partial charge in [0.05, 0.1) is 11.7 Å². The van der Waals surface area contributed by atoms with Crippen LogP contribution in [0.2, 0.25) is 0 Å². The summed E-state index contributed by atoms with van der Waals surface area (Å²) in [4.78, 5) is 18.8. The first-order valence-electron chi connectivity index (χ1n) is 6.13. The number of carboxylic acid groups (broad SMARTS) is 1. The van der Waals surface area contributed by atoms with Crippen LogP contribution in [0.5, 0.6) is 5.88 Å². The van der Waals surface area contributed by atoms with Gasteiger partial charge in [0.25, 0.3) is 0 Å². The molecule has 1 aromatic heterocycles. The number of nitrogens with one attached hydrogen (secondary N) is 1. The second-order valence-corrected chi connectivity index (χ2v) is 4.42. The van der Waals surface area contributed by atoms with Crippen LogP contribution in [0.1, 0.15) is 24.2 Å². The lowest BCUT2D eigenvalue weighted by Crippen LogP contribution is -2.07. The lowest BCUT2D eigenvalue weighted by atomic mass is 10.2. The van der Waals surface area contributed by atoms with Gasteiger partial charge in [-0.15, -0.1) is 0 Å². The van der Waals surface area contributed by atoms with Crippen LogP contribution >= 0.6 is 0 Å². The second kappa shape index (κ2) is 6.01. The summed E-state index contributed by atoms with van der Waals surface area (Å²) in [5, 5.41) is 11.9. The summed E-state index contributed by atoms with van der Waals surface area (Å²) in [7, 11) is 0. The van der Waals surface area contributed by atoms with Crippen molar-refractivity contribution in [2.24, 2.45) is 0 Å². The predicted molar refractivity (Wildman–Crippen MR) is 74.5 cm³/mol. The maximum Gasteiger partial charge on any atom is 0.335 e. The molecule has 0 atom stereocenters. The van der Waals surface area contributed by atoms with E-state index in [4.69, 9.17) is 9.84 Å². The molecule has 0 bridgehead atoms. The molecular weight excluding hydrogens is 258 g/mol. The monoisotopic (exact) mass is 273 g/mol. The molecule has 1 heterocycles. The number of hydrogen-bond donors (Lipinski definition) is 2. The van der Waals surface area contributed by atoms with E-state index in [1.807, 2.05) is 13.8 Å². The van der Waals surface area contributed by atoms with E-state index in [9.17, 15) is 4.79 Å². The number of carbonyl (C=O) groups is 1. The third-order valence-electron chi connectivity index (χ3n) is 2.40. The van der Waals surface area contributed by atoms with Crippen LogP contribution in [0.25, 0.3) is 0 Å². The van der Waals surface area contributed by atoms with Crippen molar-refractivity contribution in [2.75, 3.05) is 5.32 Å². The topological polar surface area (TPSA) is 84.3 Å². The largest absolute Gasteiger partial charge is 0.478 e. The number of nitrogens with zero attached hydrogens (tertiary/aromatic N) is 2. The number of rotatable bonds is 5. The number of hydrogen-bond acceptors (Lipinski definition) is 5. The van der Waals surface area contributed by atoms with E-state index in [0.717, 1.165) is 5.69 Å². The summed E-state index contributed by atoms with van der Waals surface area (Å²) in [5.41, 5.74) is 0.978. The van der Waals surface area contributed by atoms with Crippen molar-refractivity contribution < 1.29 is 14.6 Å². The predicted octanol–water partition coefficient (Wildman–Crippen LogP) is 2.71. The van der Waals surface area contributed by atoms with E-state index in [2.05, 4.69) is 15.3 Å². The average molecular weight is 273 g/mol. The van der Waals surface area contributed by atoms with Crippen LogP contribution in [0.15, 0.2) is 36.7 Å². The van der Waals surface area contributed by atoms with Gasteiger partial charge < -0.3 is 15.2 Å². The van der Waals surface area contributed by atoms with Crippen molar-refractivity contribution in [1.82, 2.24) is 9.97 Å². The fraction of sp³-hybridized carbons (Fsp3) is 0.214. The van der Waals surface area contributed by atoms with Gasteiger partial charge >= 0.3 is 5.97 Å². The number of anilines is 2. The normalized spacial score (nSPS) is 10.3. The zero-order chi connectivity index (χ0) is 14.5. The summed E-state index contributed by atoms with van der Waals surface area (Å²) < 4.78 is 5.47. The molecule has 0 aliphatic carbocycles. The Morgan fingerprint density at radius 2 is 1.95 bits per heavy atom. The van der Waals surface area contributed by atoms with Gasteiger partial charge in [0, 0.05) is 11.8 Å². The van der Waals surface area contributed by atoms with Crippen LogP contribution in [0, 0.1) is 0 Å². The maximum absolute atomic E-state index is 10.8. The molecule has 0 radical (unpaired) electrons. The minimum Gasteiger partial charge on any atom is -0.478 e. The number of benzene rings is 1. The Labute approximate surface area is 116 Å². The quantitative estimate of drug-likeness (QED) is 0.871. The van der Waals surface area contributed by atoms with Gasteiger partial charge in [-0.05, 0) is 38.1 Å². The fourth-order valence-electron chi connectivity index (χ4n) is 1.56. The van der Waals surface area contributed by atoms with Crippen molar-refractivity contribution in [3.8, 4) is 5.88 Å². The smallest absolute Gasteiger partial charge is 0.335 e. The highest BCUT2D eigenvalue weighted by Crippen LogP contribution is 2.18. The summed E-state index contributed by atoms with van der Waals surface area (Å²) >= 11 is 0. The van der Waals surface area contributed by atoms with Gasteiger partial charge in [-0.2, -0.15) is 0 Å². The molecule has 0 fully saturated rings. The standard InChI is InChI=1S/C14H15N3O3/c1-9(2)20-13-7-12(15-8-16-13)17-11-5-3-10(4-6-11)14(18)19/h3-9H,1-2H3,(H,18,19)(H,15,16,17). The van der Waals surface area contributed by atoms with Gasteiger partial charge in [-0.25, -0.2) is 14.8 Å². The molecule has 0 saturated carbocycles. The maximum atomic E-state index is 10.8. The SMILES string of the molecule is CC(C)Oc1cc(Nc2ccc(C(=O)O)cc2)ncn1. The molecule has 2 aromatic rings. The Balaban J connectivity index is 2.11. The third kappa shape index (κ3) is 3.68. The molecular formula is C14H15N3O3. The van der Waals surface area contributed by atoms with Crippen molar-refractivity contribution >= 4 is 17.5 Å². The molecule has 2 N–H and O–H groups in total. The lowest BCUT2D eigenvalue weighted by Gasteiger charge is -2.10. The Morgan fingerprint density at radius 3 is 2.55 bits per heavy atom. The summed E-state index contributed by atoms with van der Waals surface area (Å²) in [6.45, 7) is 3.83. The van der Waals surface area contributed by atoms with Gasteiger partial charge in [-0.1, -0.05) is 0 Å². The van der Waals surface area contributed by atoms with Gasteiger partial charge in [0.15, 0.2) is 0 Å².